The van der Waals surface area contributed by atoms with Crippen LogP contribution in [0.1, 0.15) is 0 Å². The van der Waals surface area contributed by atoms with E-state index < -0.39 is 6.29 Å². The van der Waals surface area contributed by atoms with Gasteiger partial charge in [-0.15, -0.1) is 0 Å². The molecule has 3 heteroatoms. The van der Waals surface area contributed by atoms with Gasteiger partial charge in [0.1, 0.15) is 0 Å². The molecular weight excluding hydrogens is 106 g/mol. The number of ether oxygens (including phenoxy) is 1. The molecule has 1 atom stereocenters. The van der Waals surface area contributed by atoms with Crippen LogP contribution in [0.25, 0.3) is 0 Å². The smallest absolute Gasteiger partial charge is 0.166 e. The molecule has 0 aromatic rings. The Bertz CT molecular complexity index is 49.7. The van der Waals surface area contributed by atoms with Gasteiger partial charge in [-0.3, -0.25) is 0 Å². The van der Waals surface area contributed by atoms with Crippen LogP contribution < -0.4 is 5.32 Å². The highest BCUT2D eigenvalue weighted by Gasteiger charge is 1.95. The molecule has 0 fully saturated rings. The van der Waals surface area contributed by atoms with Crippen molar-refractivity contribution in [2.75, 3.05) is 20.2 Å². The number of aliphatic hydroxyl groups excluding tert-OH is 1. The van der Waals surface area contributed by atoms with E-state index in [4.69, 9.17) is 5.11 Å². The summed E-state index contributed by atoms with van der Waals surface area (Å²) in [5.74, 6) is 0. The predicted octanol–water partition coefficient (Wildman–Crippen LogP) is -0.625. The third kappa shape index (κ3) is 4.05. The largest absolute Gasteiger partial charge is 0.367 e. The minimum atomic E-state index is -0.697. The highest BCUT2D eigenvalue weighted by Crippen LogP contribution is 1.76. The van der Waals surface area contributed by atoms with Crippen LogP contribution in [0.4, 0.5) is 0 Å². The third-order valence-corrected chi connectivity index (χ3v) is 0.768. The summed E-state index contributed by atoms with van der Waals surface area (Å²) in [6, 6.07) is 0. The predicted molar refractivity (Wildman–Crippen MR) is 31.2 cm³/mol. The van der Waals surface area contributed by atoms with Crippen molar-refractivity contribution in [3.63, 3.8) is 0 Å². The average molecular weight is 118 g/mol. The summed E-state index contributed by atoms with van der Waals surface area (Å²) < 4.78 is 4.52. The fourth-order valence-corrected chi connectivity index (χ4v) is 0.309. The number of hydrogen-bond donors (Lipinski definition) is 2. The lowest BCUT2D eigenvalue weighted by Gasteiger charge is -2.06. The summed E-state index contributed by atoms with van der Waals surface area (Å²) >= 11 is 0. The molecule has 0 saturated carbocycles. The molecule has 0 saturated heterocycles. The van der Waals surface area contributed by atoms with Gasteiger partial charge in [-0.05, 0) is 13.5 Å². The maximum atomic E-state index is 8.68. The second-order valence-corrected chi connectivity index (χ2v) is 1.39. The van der Waals surface area contributed by atoms with Crippen molar-refractivity contribution in [2.45, 2.75) is 6.29 Å². The zero-order valence-corrected chi connectivity index (χ0v) is 5.05. The minimum Gasteiger partial charge on any atom is -0.367 e. The molecule has 0 spiro atoms. The second-order valence-electron chi connectivity index (χ2n) is 1.39. The maximum absolute atomic E-state index is 8.68. The molecule has 0 amide bonds. The molecule has 0 aromatic heterocycles. The number of aliphatic hydroxyl groups is 1. The number of nitrogens with one attached hydrogen (secondary N) is 1. The first-order chi connectivity index (χ1) is 3.81. The van der Waals surface area contributed by atoms with E-state index in [1.165, 1.54) is 7.11 Å². The van der Waals surface area contributed by atoms with E-state index in [1.54, 1.807) is 0 Å². The highest BCUT2D eigenvalue weighted by atomic mass is 16.6. The quantitative estimate of drug-likeness (QED) is 0.483. The van der Waals surface area contributed by atoms with E-state index in [9.17, 15) is 0 Å². The molecule has 0 aliphatic rings. The zero-order chi connectivity index (χ0) is 6.41. The van der Waals surface area contributed by atoms with Crippen LogP contribution in [0.15, 0.2) is 0 Å². The fourth-order valence-electron chi connectivity index (χ4n) is 0.309. The Balaban J connectivity index is 2.86. The molecule has 0 aromatic carbocycles. The molecule has 8 heavy (non-hydrogen) atoms. The van der Waals surface area contributed by atoms with Gasteiger partial charge in [-0.1, -0.05) is 0 Å². The van der Waals surface area contributed by atoms with Crippen molar-refractivity contribution in [2.24, 2.45) is 0 Å². The SMILES string of the molecule is [CH2]CNCC(O)OC. The number of rotatable bonds is 4. The Kier molecular flexibility index (Phi) is 4.95. The first-order valence-corrected chi connectivity index (χ1v) is 2.52. The molecule has 0 bridgehead atoms. The van der Waals surface area contributed by atoms with Gasteiger partial charge >= 0.3 is 0 Å². The lowest BCUT2D eigenvalue weighted by Crippen LogP contribution is -2.27. The van der Waals surface area contributed by atoms with Crippen LogP contribution in [0, 0.1) is 6.92 Å². The zero-order valence-electron chi connectivity index (χ0n) is 5.05. The monoisotopic (exact) mass is 118 g/mol. The lowest BCUT2D eigenvalue weighted by atomic mass is 10.6. The lowest BCUT2D eigenvalue weighted by molar-refractivity contribution is -0.0702. The Morgan fingerprint density at radius 1 is 1.88 bits per heavy atom. The summed E-state index contributed by atoms with van der Waals surface area (Å²) in [5.41, 5.74) is 0. The van der Waals surface area contributed by atoms with Crippen LogP contribution in [0.2, 0.25) is 0 Å². The van der Waals surface area contributed by atoms with Gasteiger partial charge in [0, 0.05) is 13.7 Å². The van der Waals surface area contributed by atoms with E-state index in [1.807, 2.05) is 0 Å². The molecule has 1 radical (unpaired) electrons. The molecule has 0 heterocycles. The van der Waals surface area contributed by atoms with Crippen LogP contribution in [-0.2, 0) is 4.74 Å². The van der Waals surface area contributed by atoms with Crippen LogP contribution in [0.3, 0.4) is 0 Å². The molecule has 3 nitrogen and oxygen atoms in total. The van der Waals surface area contributed by atoms with Crippen molar-refractivity contribution in [3.8, 4) is 0 Å². The fraction of sp³-hybridized carbons (Fsp3) is 0.800. The van der Waals surface area contributed by atoms with Gasteiger partial charge in [0.25, 0.3) is 0 Å². The molecule has 0 aliphatic heterocycles. The van der Waals surface area contributed by atoms with E-state index in [0.717, 1.165) is 0 Å². The van der Waals surface area contributed by atoms with Gasteiger partial charge in [0.2, 0.25) is 0 Å². The summed E-state index contributed by atoms with van der Waals surface area (Å²) in [7, 11) is 1.45. The Morgan fingerprint density at radius 2 is 2.50 bits per heavy atom. The van der Waals surface area contributed by atoms with Crippen LogP contribution in [0.5, 0.6) is 0 Å². The maximum Gasteiger partial charge on any atom is 0.166 e. The van der Waals surface area contributed by atoms with Crippen molar-refractivity contribution in [1.82, 2.24) is 5.32 Å². The summed E-state index contributed by atoms with van der Waals surface area (Å²) in [6.45, 7) is 4.57. The third-order valence-electron chi connectivity index (χ3n) is 0.768. The Labute approximate surface area is 49.7 Å². The number of hydrogen-bond acceptors (Lipinski definition) is 3. The standard InChI is InChI=1S/C5H12NO2/c1-3-6-4-5(7)8-2/h5-7H,1,3-4H2,2H3. The average Bonchev–Trinajstić information content (AvgIpc) is 1.83. The van der Waals surface area contributed by atoms with Gasteiger partial charge in [0.15, 0.2) is 6.29 Å². The minimum absolute atomic E-state index is 0.444. The second kappa shape index (κ2) is 5.03. The van der Waals surface area contributed by atoms with E-state index in [-0.39, 0.29) is 0 Å². The Morgan fingerprint density at radius 3 is 2.88 bits per heavy atom. The Hall–Kier alpha value is -0.120. The van der Waals surface area contributed by atoms with Gasteiger partial charge in [-0.2, -0.15) is 0 Å². The summed E-state index contributed by atoms with van der Waals surface area (Å²) in [4.78, 5) is 0. The van der Waals surface area contributed by atoms with Gasteiger partial charge in [-0.25, -0.2) is 0 Å². The summed E-state index contributed by atoms with van der Waals surface area (Å²) in [6.07, 6.45) is -0.697. The number of methoxy groups -OCH3 is 1. The van der Waals surface area contributed by atoms with Crippen molar-refractivity contribution < 1.29 is 9.84 Å². The molecule has 2 N–H and O–H groups in total. The molecule has 1 unspecified atom stereocenters. The van der Waals surface area contributed by atoms with E-state index >= 15 is 0 Å². The van der Waals surface area contributed by atoms with Crippen LogP contribution >= 0.6 is 0 Å². The van der Waals surface area contributed by atoms with E-state index in [0.29, 0.717) is 13.1 Å². The van der Waals surface area contributed by atoms with Crippen molar-refractivity contribution in [3.05, 3.63) is 6.92 Å². The topological polar surface area (TPSA) is 41.5 Å². The van der Waals surface area contributed by atoms with Gasteiger partial charge < -0.3 is 15.2 Å². The first-order valence-electron chi connectivity index (χ1n) is 2.52. The van der Waals surface area contributed by atoms with Gasteiger partial charge in [0.05, 0.1) is 0 Å². The molecule has 0 aliphatic carbocycles. The van der Waals surface area contributed by atoms with Crippen molar-refractivity contribution in [1.29, 1.82) is 0 Å². The van der Waals surface area contributed by atoms with E-state index in [2.05, 4.69) is 17.0 Å². The molecular formula is C5H12NO2. The normalized spacial score (nSPS) is 13.9. The van der Waals surface area contributed by atoms with Crippen LogP contribution in [-0.4, -0.2) is 31.6 Å². The summed E-state index contributed by atoms with van der Waals surface area (Å²) in [5, 5.41) is 11.5. The molecule has 0 rings (SSSR count). The molecule has 49 valence electrons. The highest BCUT2D eigenvalue weighted by molar-refractivity contribution is 4.48. The van der Waals surface area contributed by atoms with Crippen molar-refractivity contribution >= 4 is 0 Å². The first kappa shape index (κ1) is 7.88.